The predicted molar refractivity (Wildman–Crippen MR) is 115 cm³/mol. The Hall–Kier alpha value is -2.10. The molecule has 2 unspecified atom stereocenters. The molecule has 2 aromatic rings. The van der Waals surface area contributed by atoms with E-state index in [-0.39, 0.29) is 0 Å². The first-order chi connectivity index (χ1) is 14.7. The average Bonchev–Trinajstić information content (AvgIpc) is 3.35. The van der Waals surface area contributed by atoms with Gasteiger partial charge in [-0.3, -0.25) is 9.58 Å². The van der Waals surface area contributed by atoms with Crippen LogP contribution in [-0.2, 0) is 4.74 Å². The number of fused-ring (bicyclic) bond motifs is 3. The molecule has 30 heavy (non-hydrogen) atoms. The van der Waals surface area contributed by atoms with Crippen molar-refractivity contribution in [3.05, 3.63) is 16.9 Å². The van der Waals surface area contributed by atoms with Crippen LogP contribution in [0.3, 0.4) is 0 Å². The summed E-state index contributed by atoms with van der Waals surface area (Å²) < 4.78 is 13.7. The summed E-state index contributed by atoms with van der Waals surface area (Å²) >= 11 is 6.22. The quantitative estimate of drug-likeness (QED) is 0.747. The Labute approximate surface area is 181 Å². The third-order valence-corrected chi connectivity index (χ3v) is 6.51. The van der Waals surface area contributed by atoms with Gasteiger partial charge < -0.3 is 20.1 Å². The highest BCUT2D eigenvalue weighted by molar-refractivity contribution is 6.32. The van der Waals surface area contributed by atoms with Crippen molar-refractivity contribution in [3.63, 3.8) is 0 Å². The molecular formula is C20H28ClN7O2. The summed E-state index contributed by atoms with van der Waals surface area (Å²) in [5, 5.41) is 11.9. The number of halogens is 1. The van der Waals surface area contributed by atoms with Gasteiger partial charge in [0.25, 0.3) is 5.88 Å². The van der Waals surface area contributed by atoms with E-state index in [4.69, 9.17) is 26.2 Å². The molecule has 2 aromatic heterocycles. The van der Waals surface area contributed by atoms with Crippen molar-refractivity contribution >= 4 is 29.1 Å². The van der Waals surface area contributed by atoms with Gasteiger partial charge in [0.15, 0.2) is 5.82 Å². The third-order valence-electron chi connectivity index (χ3n) is 6.24. The van der Waals surface area contributed by atoms with E-state index in [1.165, 1.54) is 6.42 Å². The fourth-order valence-electron chi connectivity index (χ4n) is 4.63. The Morgan fingerprint density at radius 2 is 2.00 bits per heavy atom. The Morgan fingerprint density at radius 1 is 1.17 bits per heavy atom. The molecule has 162 valence electrons. The fraction of sp³-hybridized carbons (Fsp3) is 0.650. The molecule has 4 heterocycles. The second-order valence-corrected chi connectivity index (χ2v) is 8.53. The summed E-state index contributed by atoms with van der Waals surface area (Å²) in [6.07, 6.45) is 5.85. The molecule has 2 aliphatic heterocycles. The lowest BCUT2D eigenvalue weighted by Crippen LogP contribution is -2.42. The van der Waals surface area contributed by atoms with Crippen molar-refractivity contribution in [1.29, 1.82) is 0 Å². The van der Waals surface area contributed by atoms with Crippen LogP contribution in [-0.4, -0.2) is 70.1 Å². The van der Waals surface area contributed by atoms with E-state index in [2.05, 4.69) is 37.1 Å². The van der Waals surface area contributed by atoms with Crippen molar-refractivity contribution in [2.75, 3.05) is 50.1 Å². The normalized spacial score (nSPS) is 24.9. The third kappa shape index (κ3) is 3.93. The lowest BCUT2D eigenvalue weighted by atomic mass is 10.2. The smallest absolute Gasteiger partial charge is 0.257 e. The fourth-order valence-corrected chi connectivity index (χ4v) is 4.79. The summed E-state index contributed by atoms with van der Waals surface area (Å²) in [4.78, 5) is 11.4. The van der Waals surface area contributed by atoms with Gasteiger partial charge in [0.1, 0.15) is 10.7 Å². The second-order valence-electron chi connectivity index (χ2n) is 8.12. The lowest BCUT2D eigenvalue weighted by Gasteiger charge is -2.32. The van der Waals surface area contributed by atoms with Crippen molar-refractivity contribution < 1.29 is 9.47 Å². The first-order valence-corrected chi connectivity index (χ1v) is 11.1. The maximum absolute atomic E-state index is 6.22. The molecule has 0 spiro atoms. The standard InChI is InChI=1S/C20H28ClN7O2/c1-13-17-19(30-8-2-5-22-18-16(21)12-23-20(24-17)25-18)26-28(13)15-4-3-14(11-15)27-6-9-29-10-7-27/h12,14-15H,2-11H2,1H3,(H2,22,23,24,25). The highest BCUT2D eigenvalue weighted by Gasteiger charge is 2.33. The van der Waals surface area contributed by atoms with E-state index in [9.17, 15) is 0 Å². The first-order valence-electron chi connectivity index (χ1n) is 10.8. The molecule has 2 fully saturated rings. The van der Waals surface area contributed by atoms with Gasteiger partial charge in [0.2, 0.25) is 5.95 Å². The molecule has 1 saturated carbocycles. The Bertz CT molecular complexity index is 900. The van der Waals surface area contributed by atoms with E-state index >= 15 is 0 Å². The van der Waals surface area contributed by atoms with Crippen LogP contribution in [0.5, 0.6) is 5.88 Å². The summed E-state index contributed by atoms with van der Waals surface area (Å²) in [6, 6.07) is 0.967. The maximum atomic E-state index is 6.22. The number of hydrogen-bond donors (Lipinski definition) is 2. The molecule has 0 amide bonds. The van der Waals surface area contributed by atoms with Gasteiger partial charge in [-0.15, -0.1) is 5.10 Å². The van der Waals surface area contributed by atoms with Gasteiger partial charge in [0.05, 0.1) is 37.8 Å². The average molecular weight is 434 g/mol. The Balaban J connectivity index is 1.40. The van der Waals surface area contributed by atoms with Crippen LogP contribution in [0, 0.1) is 6.92 Å². The highest BCUT2D eigenvalue weighted by atomic mass is 35.5. The minimum atomic E-state index is 0.368. The molecule has 2 bridgehead atoms. The Kier molecular flexibility index (Phi) is 5.66. The summed E-state index contributed by atoms with van der Waals surface area (Å²) in [5.74, 6) is 1.73. The van der Waals surface area contributed by atoms with Gasteiger partial charge in [-0.05, 0) is 32.6 Å². The molecular weight excluding hydrogens is 406 g/mol. The summed E-state index contributed by atoms with van der Waals surface area (Å²) in [5.41, 5.74) is 1.88. The van der Waals surface area contributed by atoms with Crippen LogP contribution >= 0.6 is 11.6 Å². The largest absolute Gasteiger partial charge is 0.475 e. The molecule has 0 radical (unpaired) electrons. The number of morpholine rings is 1. The highest BCUT2D eigenvalue weighted by Crippen LogP contribution is 2.39. The van der Waals surface area contributed by atoms with Crippen molar-refractivity contribution in [3.8, 4) is 5.88 Å². The molecule has 9 nitrogen and oxygen atoms in total. The zero-order valence-electron chi connectivity index (χ0n) is 17.2. The minimum Gasteiger partial charge on any atom is -0.475 e. The van der Waals surface area contributed by atoms with Crippen LogP contribution < -0.4 is 15.4 Å². The van der Waals surface area contributed by atoms with Gasteiger partial charge in [-0.1, -0.05) is 11.6 Å². The lowest BCUT2D eigenvalue weighted by molar-refractivity contribution is 0.0172. The maximum Gasteiger partial charge on any atom is 0.257 e. The van der Waals surface area contributed by atoms with E-state index in [1.807, 2.05) is 0 Å². The number of hydrogen-bond acceptors (Lipinski definition) is 8. The van der Waals surface area contributed by atoms with Gasteiger partial charge in [-0.2, -0.15) is 4.98 Å². The van der Waals surface area contributed by atoms with Crippen molar-refractivity contribution in [2.45, 2.75) is 44.7 Å². The zero-order valence-corrected chi connectivity index (χ0v) is 18.0. The number of nitrogens with one attached hydrogen (secondary N) is 2. The molecule has 2 N–H and O–H groups in total. The van der Waals surface area contributed by atoms with Crippen LogP contribution in [0.25, 0.3) is 0 Å². The van der Waals surface area contributed by atoms with Crippen molar-refractivity contribution in [2.24, 2.45) is 0 Å². The second kappa shape index (κ2) is 8.56. The van der Waals surface area contributed by atoms with Crippen LogP contribution in [0.1, 0.15) is 37.4 Å². The van der Waals surface area contributed by atoms with E-state index < -0.39 is 0 Å². The molecule has 1 saturated heterocycles. The number of nitrogens with zero attached hydrogens (tertiary/aromatic N) is 5. The molecule has 5 rings (SSSR count). The van der Waals surface area contributed by atoms with E-state index in [0.717, 1.165) is 63.5 Å². The summed E-state index contributed by atoms with van der Waals surface area (Å²) in [6.45, 7) is 7.11. The molecule has 0 aromatic carbocycles. The van der Waals surface area contributed by atoms with Gasteiger partial charge >= 0.3 is 0 Å². The SMILES string of the molecule is Cc1c2c(nn1C1CCC(N3CCOCC3)C1)OCCCNc1nc(ncc1Cl)N2. The van der Waals surface area contributed by atoms with Gasteiger partial charge in [0, 0.05) is 25.7 Å². The van der Waals surface area contributed by atoms with Crippen LogP contribution in [0.4, 0.5) is 17.5 Å². The number of aromatic nitrogens is 4. The first kappa shape index (κ1) is 19.8. The zero-order chi connectivity index (χ0) is 20.5. The molecule has 3 aliphatic rings. The number of ether oxygens (including phenoxy) is 2. The predicted octanol–water partition coefficient (Wildman–Crippen LogP) is 3.00. The van der Waals surface area contributed by atoms with Crippen molar-refractivity contribution in [1.82, 2.24) is 24.6 Å². The topological polar surface area (TPSA) is 89.4 Å². The van der Waals surface area contributed by atoms with Crippen LogP contribution in [0.2, 0.25) is 5.02 Å². The minimum absolute atomic E-state index is 0.368. The number of anilines is 3. The van der Waals surface area contributed by atoms with E-state index in [0.29, 0.717) is 41.4 Å². The monoisotopic (exact) mass is 433 g/mol. The molecule has 1 aliphatic carbocycles. The summed E-state index contributed by atoms with van der Waals surface area (Å²) in [7, 11) is 0. The van der Waals surface area contributed by atoms with Gasteiger partial charge in [-0.25, -0.2) is 4.98 Å². The number of rotatable bonds is 2. The molecule has 10 heteroatoms. The van der Waals surface area contributed by atoms with Crippen LogP contribution in [0.15, 0.2) is 6.20 Å². The Morgan fingerprint density at radius 3 is 2.87 bits per heavy atom. The molecule has 2 atom stereocenters. The van der Waals surface area contributed by atoms with E-state index in [1.54, 1.807) is 6.20 Å².